The van der Waals surface area contributed by atoms with Gasteiger partial charge in [-0.15, -0.1) is 0 Å². The molecule has 0 aromatic rings. The van der Waals surface area contributed by atoms with Crippen molar-refractivity contribution in [3.63, 3.8) is 0 Å². The predicted octanol–water partition coefficient (Wildman–Crippen LogP) is 4.68. The summed E-state index contributed by atoms with van der Waals surface area (Å²) < 4.78 is 0. The quantitative estimate of drug-likeness (QED) is 0.499. The van der Waals surface area contributed by atoms with Gasteiger partial charge in [-0.2, -0.15) is 0 Å². The largest absolute Gasteiger partial charge is 0.294 e. The van der Waals surface area contributed by atoms with E-state index in [4.69, 9.17) is 4.99 Å². The van der Waals surface area contributed by atoms with Crippen LogP contribution < -0.4 is 0 Å². The van der Waals surface area contributed by atoms with Gasteiger partial charge in [0.15, 0.2) is 0 Å². The van der Waals surface area contributed by atoms with E-state index in [1.54, 1.807) is 0 Å². The number of hydrogen-bond acceptors (Lipinski definition) is 1. The van der Waals surface area contributed by atoms with Crippen LogP contribution in [0.5, 0.6) is 0 Å². The van der Waals surface area contributed by atoms with E-state index >= 15 is 0 Å². The fraction of sp³-hybridized carbons (Fsp3) is 0.786. The molecule has 0 bridgehead atoms. The smallest absolute Gasteiger partial charge is 0.0581 e. The molecule has 1 nitrogen and oxygen atoms in total. The highest BCUT2D eigenvalue weighted by Gasteiger charge is 2.28. The Labute approximate surface area is 102 Å². The van der Waals surface area contributed by atoms with E-state index in [0.29, 0.717) is 5.54 Å². The zero-order chi connectivity index (χ0) is 12.0. The molecule has 0 radical (unpaired) electrons. The first-order valence-corrected chi connectivity index (χ1v) is 10.3. The summed E-state index contributed by atoms with van der Waals surface area (Å²) in [5, 5.41) is 0. The van der Waals surface area contributed by atoms with Crippen molar-refractivity contribution in [3.8, 4) is 0 Å². The first-order valence-electron chi connectivity index (χ1n) is 6.71. The average molecular weight is 237 g/mol. The fourth-order valence-electron chi connectivity index (χ4n) is 2.42. The molecule has 0 spiro atoms. The van der Waals surface area contributed by atoms with Gasteiger partial charge < -0.3 is 0 Å². The summed E-state index contributed by atoms with van der Waals surface area (Å²) in [4.78, 5) is 4.87. The molecule has 0 aromatic carbocycles. The molecule has 1 aliphatic rings. The van der Waals surface area contributed by atoms with Crippen molar-refractivity contribution in [3.05, 3.63) is 12.2 Å². The Morgan fingerprint density at radius 3 is 2.44 bits per heavy atom. The summed E-state index contributed by atoms with van der Waals surface area (Å²) in [5.41, 5.74) is 2.16. The second kappa shape index (κ2) is 6.38. The molecule has 0 fully saturated rings. The van der Waals surface area contributed by atoms with Crippen molar-refractivity contribution in [1.82, 2.24) is 0 Å². The first kappa shape index (κ1) is 13.7. The molecule has 1 aliphatic heterocycles. The molecule has 16 heavy (non-hydrogen) atoms. The van der Waals surface area contributed by atoms with E-state index in [1.807, 2.05) is 0 Å². The zero-order valence-corrected chi connectivity index (χ0v) is 12.4. The molecule has 92 valence electrons. The Balaban J connectivity index is 2.82. The van der Waals surface area contributed by atoms with Gasteiger partial charge in [-0.25, -0.2) is 0 Å². The van der Waals surface area contributed by atoms with Crippen LogP contribution in [0.3, 0.4) is 0 Å². The lowest BCUT2D eigenvalue weighted by molar-refractivity contribution is 0.641. The van der Waals surface area contributed by atoms with Crippen molar-refractivity contribution in [2.45, 2.75) is 64.2 Å². The first-order chi connectivity index (χ1) is 7.55. The number of nitrogens with zero attached hydrogens (tertiary/aromatic N) is 1. The van der Waals surface area contributed by atoms with Gasteiger partial charge >= 0.3 is 0 Å². The van der Waals surface area contributed by atoms with Crippen molar-refractivity contribution in [2.75, 3.05) is 6.54 Å². The van der Waals surface area contributed by atoms with Crippen LogP contribution in [0.4, 0.5) is 0 Å². The normalized spacial score (nSPS) is 21.4. The maximum Gasteiger partial charge on any atom is 0.0581 e. The van der Waals surface area contributed by atoms with Crippen molar-refractivity contribution >= 4 is 13.8 Å². The minimum absolute atomic E-state index is 0.663. The second-order valence-electron chi connectivity index (χ2n) is 5.91. The minimum Gasteiger partial charge on any atom is -0.294 e. The summed E-state index contributed by atoms with van der Waals surface area (Å²) in [6, 6.07) is 0. The summed E-state index contributed by atoms with van der Waals surface area (Å²) >= 11 is 0. The fourth-order valence-corrected chi connectivity index (χ4v) is 4.42. The zero-order valence-electron chi connectivity index (χ0n) is 11.4. The molecular formula is C14H27NSi. The van der Waals surface area contributed by atoms with Gasteiger partial charge in [-0.05, 0) is 26.2 Å². The molecule has 0 saturated carbocycles. The lowest BCUT2D eigenvalue weighted by Gasteiger charge is -2.28. The van der Waals surface area contributed by atoms with E-state index in [2.05, 4.69) is 38.7 Å². The number of rotatable bonds is 3. The van der Waals surface area contributed by atoms with E-state index in [0.717, 1.165) is 6.54 Å². The van der Waals surface area contributed by atoms with Crippen LogP contribution in [0.2, 0.25) is 25.2 Å². The molecule has 1 heterocycles. The third kappa shape index (κ3) is 4.24. The SMILES string of the molecule is C/C=C/C(C1=NCCCCCC1)[Si](C)(C)C. The Kier molecular flexibility index (Phi) is 5.46. The van der Waals surface area contributed by atoms with E-state index in [-0.39, 0.29) is 0 Å². The van der Waals surface area contributed by atoms with Crippen molar-refractivity contribution < 1.29 is 0 Å². The average Bonchev–Trinajstić information content (AvgIpc) is 2.13. The number of hydrogen-bond donors (Lipinski definition) is 0. The Morgan fingerprint density at radius 1 is 1.12 bits per heavy atom. The van der Waals surface area contributed by atoms with Crippen molar-refractivity contribution in [2.24, 2.45) is 4.99 Å². The lowest BCUT2D eigenvalue weighted by Crippen LogP contribution is -2.33. The molecule has 1 unspecified atom stereocenters. The minimum atomic E-state index is -1.15. The summed E-state index contributed by atoms with van der Waals surface area (Å²) in [6.07, 6.45) is 11.2. The second-order valence-corrected chi connectivity index (χ2v) is 11.3. The number of aliphatic imine (C=N–C) groups is 1. The Morgan fingerprint density at radius 2 is 1.81 bits per heavy atom. The molecule has 1 atom stereocenters. The van der Waals surface area contributed by atoms with Gasteiger partial charge in [0.1, 0.15) is 0 Å². The Bertz CT molecular complexity index is 260. The molecule has 0 saturated heterocycles. The van der Waals surface area contributed by atoms with E-state index < -0.39 is 8.07 Å². The van der Waals surface area contributed by atoms with Gasteiger partial charge in [0, 0.05) is 17.8 Å². The maximum atomic E-state index is 4.87. The van der Waals surface area contributed by atoms with Crippen LogP contribution in [-0.2, 0) is 0 Å². The standard InChI is InChI=1S/C14H27NSi/c1-5-10-14(16(2,3)4)13-11-8-6-7-9-12-15-13/h5,10,14H,6-9,11-12H2,1-4H3/b10-5+,15-13?. The van der Waals surface area contributed by atoms with Crippen LogP contribution in [0.1, 0.15) is 39.0 Å². The van der Waals surface area contributed by atoms with Gasteiger partial charge in [0.25, 0.3) is 0 Å². The van der Waals surface area contributed by atoms with Gasteiger partial charge in [0.05, 0.1) is 8.07 Å². The van der Waals surface area contributed by atoms with E-state index in [1.165, 1.54) is 37.8 Å². The summed E-state index contributed by atoms with van der Waals surface area (Å²) in [6.45, 7) is 10.6. The maximum absolute atomic E-state index is 4.87. The molecule has 0 aliphatic carbocycles. The molecule has 0 amide bonds. The van der Waals surface area contributed by atoms with Gasteiger partial charge in [-0.1, -0.05) is 44.6 Å². The number of allylic oxidation sites excluding steroid dienone is 2. The van der Waals surface area contributed by atoms with Crippen LogP contribution in [0.25, 0.3) is 0 Å². The highest BCUT2D eigenvalue weighted by Crippen LogP contribution is 2.28. The monoisotopic (exact) mass is 237 g/mol. The summed E-state index contributed by atoms with van der Waals surface area (Å²) in [5.74, 6) is 0. The molecular weight excluding hydrogens is 210 g/mol. The highest BCUT2D eigenvalue weighted by molar-refractivity contribution is 6.81. The molecule has 1 rings (SSSR count). The molecule has 0 N–H and O–H groups in total. The van der Waals surface area contributed by atoms with Crippen LogP contribution in [0.15, 0.2) is 17.1 Å². The van der Waals surface area contributed by atoms with Crippen molar-refractivity contribution in [1.29, 1.82) is 0 Å². The van der Waals surface area contributed by atoms with Gasteiger partial charge in [0.2, 0.25) is 0 Å². The molecule has 0 aromatic heterocycles. The summed E-state index contributed by atoms with van der Waals surface area (Å²) in [7, 11) is -1.15. The third-order valence-electron chi connectivity index (χ3n) is 3.33. The van der Waals surface area contributed by atoms with Crippen LogP contribution in [0, 0.1) is 0 Å². The van der Waals surface area contributed by atoms with Gasteiger partial charge in [-0.3, -0.25) is 4.99 Å². The predicted molar refractivity (Wildman–Crippen MR) is 77.3 cm³/mol. The third-order valence-corrected chi connectivity index (χ3v) is 5.72. The lowest BCUT2D eigenvalue weighted by atomic mass is 10.0. The van der Waals surface area contributed by atoms with Crippen LogP contribution >= 0.6 is 0 Å². The molecule has 2 heteroatoms. The Hall–Kier alpha value is -0.373. The van der Waals surface area contributed by atoms with Crippen LogP contribution in [-0.4, -0.2) is 20.3 Å². The topological polar surface area (TPSA) is 12.4 Å². The van der Waals surface area contributed by atoms with E-state index in [9.17, 15) is 0 Å². The highest BCUT2D eigenvalue weighted by atomic mass is 28.3.